The highest BCUT2D eigenvalue weighted by Gasteiger charge is 2.11. The van der Waals surface area contributed by atoms with Gasteiger partial charge in [0.05, 0.1) is 0 Å². The zero-order valence-corrected chi connectivity index (χ0v) is 7.35. The minimum absolute atomic E-state index is 0.208. The lowest BCUT2D eigenvalue weighted by molar-refractivity contribution is 0.708. The van der Waals surface area contributed by atoms with E-state index in [1.54, 1.807) is 0 Å². The summed E-state index contributed by atoms with van der Waals surface area (Å²) in [6, 6.07) is 0. The molecular weight excluding hydrogens is 168 g/mol. The molecule has 0 fully saturated rings. The Morgan fingerprint density at radius 2 is 1.69 bits per heavy atom. The van der Waals surface area contributed by atoms with Crippen molar-refractivity contribution in [2.75, 3.05) is 0 Å². The predicted octanol–water partition coefficient (Wildman–Crippen LogP) is 0.332. The molecule has 13 heavy (non-hydrogen) atoms. The van der Waals surface area contributed by atoms with E-state index in [1.807, 2.05) is 0 Å². The summed E-state index contributed by atoms with van der Waals surface area (Å²) in [5, 5.41) is 0. The van der Waals surface area contributed by atoms with Gasteiger partial charge >= 0.3 is 5.69 Å². The standard InChI is InChI=1S/C9H12N2O2/c12-8-6-4-2-1-3-5-7(6)10-9(13)11-8/h1-5H2,(H2,10,11,12,13). The topological polar surface area (TPSA) is 65.7 Å². The maximum atomic E-state index is 11.4. The normalized spacial score (nSPS) is 16.3. The lowest BCUT2D eigenvalue weighted by atomic mass is 10.1. The number of fused-ring (bicyclic) bond motifs is 1. The Hall–Kier alpha value is -1.32. The smallest absolute Gasteiger partial charge is 0.311 e. The molecule has 0 saturated heterocycles. The molecule has 4 heteroatoms. The Kier molecular flexibility index (Phi) is 2.04. The van der Waals surface area contributed by atoms with Gasteiger partial charge in [-0.2, -0.15) is 0 Å². The first-order chi connectivity index (χ1) is 6.27. The van der Waals surface area contributed by atoms with E-state index in [9.17, 15) is 9.59 Å². The zero-order chi connectivity index (χ0) is 9.26. The number of rotatable bonds is 0. The molecule has 0 spiro atoms. The van der Waals surface area contributed by atoms with Crippen molar-refractivity contribution in [3.8, 4) is 0 Å². The van der Waals surface area contributed by atoms with Crippen molar-refractivity contribution in [1.29, 1.82) is 0 Å². The van der Waals surface area contributed by atoms with Crippen LogP contribution in [0.15, 0.2) is 9.59 Å². The molecule has 0 bridgehead atoms. The summed E-state index contributed by atoms with van der Waals surface area (Å²) < 4.78 is 0. The third-order valence-electron chi connectivity index (χ3n) is 2.48. The van der Waals surface area contributed by atoms with E-state index in [1.165, 1.54) is 0 Å². The van der Waals surface area contributed by atoms with Gasteiger partial charge in [0.15, 0.2) is 0 Å². The highest BCUT2D eigenvalue weighted by molar-refractivity contribution is 5.17. The summed E-state index contributed by atoms with van der Waals surface area (Å²) in [6.45, 7) is 0. The van der Waals surface area contributed by atoms with Crippen LogP contribution in [0.5, 0.6) is 0 Å². The number of H-pyrrole nitrogens is 2. The van der Waals surface area contributed by atoms with E-state index >= 15 is 0 Å². The maximum absolute atomic E-state index is 11.4. The molecule has 0 aromatic carbocycles. The number of hydrogen-bond acceptors (Lipinski definition) is 2. The fraction of sp³-hybridized carbons (Fsp3) is 0.556. The van der Waals surface area contributed by atoms with Gasteiger partial charge in [-0.15, -0.1) is 0 Å². The Bertz CT molecular complexity index is 416. The third kappa shape index (κ3) is 1.56. The first kappa shape index (κ1) is 8.29. The second-order valence-corrected chi connectivity index (χ2v) is 3.43. The first-order valence-corrected chi connectivity index (χ1v) is 4.62. The monoisotopic (exact) mass is 180 g/mol. The lowest BCUT2D eigenvalue weighted by Crippen LogP contribution is -2.27. The van der Waals surface area contributed by atoms with Gasteiger partial charge < -0.3 is 4.98 Å². The largest absolute Gasteiger partial charge is 0.325 e. The molecule has 4 nitrogen and oxygen atoms in total. The number of aromatic amines is 2. The molecule has 0 saturated carbocycles. The van der Waals surface area contributed by atoms with E-state index in [0.717, 1.165) is 43.4 Å². The summed E-state index contributed by atoms with van der Waals surface area (Å²) in [5.74, 6) is 0. The van der Waals surface area contributed by atoms with Crippen molar-refractivity contribution < 1.29 is 0 Å². The summed E-state index contributed by atoms with van der Waals surface area (Å²) in [4.78, 5) is 27.3. The van der Waals surface area contributed by atoms with Crippen molar-refractivity contribution in [1.82, 2.24) is 9.97 Å². The van der Waals surface area contributed by atoms with Crippen molar-refractivity contribution in [2.45, 2.75) is 32.1 Å². The van der Waals surface area contributed by atoms with Crippen LogP contribution in [0.25, 0.3) is 0 Å². The van der Waals surface area contributed by atoms with Crippen LogP contribution >= 0.6 is 0 Å². The average Bonchev–Trinajstić information content (AvgIpc) is 2.28. The molecule has 2 rings (SSSR count). The molecule has 1 aliphatic rings. The second kappa shape index (κ2) is 3.20. The van der Waals surface area contributed by atoms with Crippen LogP contribution in [-0.4, -0.2) is 9.97 Å². The number of aryl methyl sites for hydroxylation is 1. The van der Waals surface area contributed by atoms with Gasteiger partial charge in [-0.3, -0.25) is 9.78 Å². The molecule has 0 aliphatic heterocycles. The van der Waals surface area contributed by atoms with Crippen LogP contribution in [0.1, 0.15) is 30.5 Å². The van der Waals surface area contributed by atoms with Crippen molar-refractivity contribution in [2.24, 2.45) is 0 Å². The van der Waals surface area contributed by atoms with E-state index in [-0.39, 0.29) is 11.2 Å². The van der Waals surface area contributed by atoms with Crippen LogP contribution in [0.3, 0.4) is 0 Å². The van der Waals surface area contributed by atoms with Gasteiger partial charge in [-0.25, -0.2) is 4.79 Å². The maximum Gasteiger partial charge on any atom is 0.325 e. The molecule has 2 N–H and O–H groups in total. The molecule has 0 radical (unpaired) electrons. The zero-order valence-electron chi connectivity index (χ0n) is 7.35. The third-order valence-corrected chi connectivity index (χ3v) is 2.48. The molecule has 1 aliphatic carbocycles. The average molecular weight is 180 g/mol. The molecule has 1 aromatic heterocycles. The Morgan fingerprint density at radius 3 is 2.54 bits per heavy atom. The summed E-state index contributed by atoms with van der Waals surface area (Å²) in [7, 11) is 0. The van der Waals surface area contributed by atoms with Crippen molar-refractivity contribution in [3.05, 3.63) is 32.1 Å². The van der Waals surface area contributed by atoms with Crippen LogP contribution in [0.4, 0.5) is 0 Å². The molecule has 70 valence electrons. The van der Waals surface area contributed by atoms with Gasteiger partial charge in [0.2, 0.25) is 0 Å². The molecule has 0 amide bonds. The number of hydrogen-bond donors (Lipinski definition) is 2. The van der Waals surface area contributed by atoms with Crippen LogP contribution in [-0.2, 0) is 12.8 Å². The Morgan fingerprint density at radius 1 is 0.923 bits per heavy atom. The van der Waals surface area contributed by atoms with Gasteiger partial charge in [-0.1, -0.05) is 6.42 Å². The minimum Gasteiger partial charge on any atom is -0.311 e. The van der Waals surface area contributed by atoms with Crippen molar-refractivity contribution in [3.63, 3.8) is 0 Å². The second-order valence-electron chi connectivity index (χ2n) is 3.43. The van der Waals surface area contributed by atoms with Crippen LogP contribution in [0.2, 0.25) is 0 Å². The summed E-state index contributed by atoms with van der Waals surface area (Å²) in [5.41, 5.74) is 1.02. The quantitative estimate of drug-likeness (QED) is 0.565. The Labute approximate surface area is 75.0 Å². The SMILES string of the molecule is O=c1[nH]c2c(c(=O)[nH]1)CCCCC2. The first-order valence-electron chi connectivity index (χ1n) is 4.62. The van der Waals surface area contributed by atoms with Crippen LogP contribution in [0, 0.1) is 0 Å². The van der Waals surface area contributed by atoms with Gasteiger partial charge in [0.25, 0.3) is 5.56 Å². The molecule has 0 unspecified atom stereocenters. The molecule has 0 atom stereocenters. The van der Waals surface area contributed by atoms with Gasteiger partial charge in [-0.05, 0) is 25.7 Å². The Balaban J connectivity index is 2.60. The van der Waals surface area contributed by atoms with Crippen molar-refractivity contribution >= 4 is 0 Å². The van der Waals surface area contributed by atoms with Crippen LogP contribution < -0.4 is 11.2 Å². The van der Waals surface area contributed by atoms with E-state index in [2.05, 4.69) is 9.97 Å². The van der Waals surface area contributed by atoms with E-state index < -0.39 is 0 Å². The van der Waals surface area contributed by atoms with E-state index in [0.29, 0.717) is 0 Å². The fourth-order valence-electron chi connectivity index (χ4n) is 1.82. The highest BCUT2D eigenvalue weighted by Crippen LogP contribution is 2.13. The lowest BCUT2D eigenvalue weighted by Gasteiger charge is -2.01. The highest BCUT2D eigenvalue weighted by atomic mass is 16.2. The molecule has 1 heterocycles. The van der Waals surface area contributed by atoms with Gasteiger partial charge in [0, 0.05) is 11.3 Å². The number of nitrogens with one attached hydrogen (secondary N) is 2. The predicted molar refractivity (Wildman–Crippen MR) is 48.9 cm³/mol. The summed E-state index contributed by atoms with van der Waals surface area (Å²) >= 11 is 0. The molecular formula is C9H12N2O2. The minimum atomic E-state index is -0.384. The van der Waals surface area contributed by atoms with Gasteiger partial charge in [0.1, 0.15) is 0 Å². The summed E-state index contributed by atoms with van der Waals surface area (Å²) in [6.07, 6.45) is 4.86. The number of aromatic nitrogens is 2. The molecule has 1 aromatic rings. The fourth-order valence-corrected chi connectivity index (χ4v) is 1.82. The van der Waals surface area contributed by atoms with E-state index in [4.69, 9.17) is 0 Å².